The molecule has 2 heterocycles. The molecular weight excluding hydrogens is 242 g/mol. The van der Waals surface area contributed by atoms with Crippen LogP contribution >= 0.6 is 11.3 Å². The molecule has 0 fully saturated rings. The predicted molar refractivity (Wildman–Crippen MR) is 61.3 cm³/mol. The normalized spacial score (nSPS) is 9.88. The number of rotatable bonds is 3. The standard InChI is InChI=1S/C10H7N3O3S/c14-9(7-4-17-5-12-7)13-8-2-1-6(3-11-8)10(15)16/h1-5H,(H,15,16)(H,11,13,14). The monoisotopic (exact) mass is 249 g/mol. The second kappa shape index (κ2) is 4.71. The number of amides is 1. The zero-order valence-corrected chi connectivity index (χ0v) is 9.27. The van der Waals surface area contributed by atoms with Crippen molar-refractivity contribution >= 4 is 29.0 Å². The first-order valence-electron chi connectivity index (χ1n) is 4.55. The number of anilines is 1. The summed E-state index contributed by atoms with van der Waals surface area (Å²) in [6.45, 7) is 0. The van der Waals surface area contributed by atoms with E-state index < -0.39 is 5.97 Å². The van der Waals surface area contributed by atoms with Gasteiger partial charge in [0.05, 0.1) is 11.1 Å². The van der Waals surface area contributed by atoms with Gasteiger partial charge in [0.2, 0.25) is 0 Å². The van der Waals surface area contributed by atoms with E-state index >= 15 is 0 Å². The van der Waals surface area contributed by atoms with Crippen LogP contribution in [0.1, 0.15) is 20.8 Å². The van der Waals surface area contributed by atoms with Crippen LogP contribution in [0.5, 0.6) is 0 Å². The number of aromatic carboxylic acids is 1. The first-order valence-corrected chi connectivity index (χ1v) is 5.50. The smallest absolute Gasteiger partial charge is 0.337 e. The first-order chi connectivity index (χ1) is 8.16. The maximum absolute atomic E-state index is 11.6. The van der Waals surface area contributed by atoms with Gasteiger partial charge in [-0.2, -0.15) is 0 Å². The van der Waals surface area contributed by atoms with Crippen molar-refractivity contribution in [3.8, 4) is 0 Å². The Kier molecular flexibility index (Phi) is 3.10. The topological polar surface area (TPSA) is 92.2 Å². The molecule has 0 bridgehead atoms. The van der Waals surface area contributed by atoms with E-state index in [0.717, 1.165) is 0 Å². The van der Waals surface area contributed by atoms with Crippen molar-refractivity contribution in [1.29, 1.82) is 0 Å². The second-order valence-corrected chi connectivity index (χ2v) is 3.78. The van der Waals surface area contributed by atoms with Crippen molar-refractivity contribution in [3.05, 3.63) is 40.5 Å². The molecule has 2 aromatic heterocycles. The Balaban J connectivity index is 2.09. The molecule has 7 heteroatoms. The van der Waals surface area contributed by atoms with E-state index in [9.17, 15) is 9.59 Å². The van der Waals surface area contributed by atoms with Gasteiger partial charge in [-0.3, -0.25) is 4.79 Å². The second-order valence-electron chi connectivity index (χ2n) is 3.07. The summed E-state index contributed by atoms with van der Waals surface area (Å²) < 4.78 is 0. The minimum atomic E-state index is -1.06. The predicted octanol–water partition coefficient (Wildman–Crippen LogP) is 1.49. The highest BCUT2D eigenvalue weighted by Crippen LogP contribution is 2.08. The molecule has 0 atom stereocenters. The molecule has 0 saturated heterocycles. The highest BCUT2D eigenvalue weighted by molar-refractivity contribution is 7.07. The zero-order valence-electron chi connectivity index (χ0n) is 8.45. The Morgan fingerprint density at radius 2 is 2.12 bits per heavy atom. The van der Waals surface area contributed by atoms with E-state index in [1.807, 2.05) is 0 Å². The molecule has 2 aromatic rings. The number of hydrogen-bond donors (Lipinski definition) is 2. The number of carboxylic acid groups (broad SMARTS) is 1. The minimum Gasteiger partial charge on any atom is -0.478 e. The van der Waals surface area contributed by atoms with Gasteiger partial charge in [-0.15, -0.1) is 11.3 Å². The number of carboxylic acids is 1. The highest BCUT2D eigenvalue weighted by atomic mass is 32.1. The lowest BCUT2D eigenvalue weighted by molar-refractivity contribution is 0.0696. The summed E-state index contributed by atoms with van der Waals surface area (Å²) in [5, 5.41) is 12.8. The number of carbonyl (C=O) groups is 2. The van der Waals surface area contributed by atoms with Crippen molar-refractivity contribution in [2.45, 2.75) is 0 Å². The van der Waals surface area contributed by atoms with Crippen LogP contribution < -0.4 is 5.32 Å². The molecule has 0 unspecified atom stereocenters. The molecule has 0 radical (unpaired) electrons. The average Bonchev–Trinajstić information content (AvgIpc) is 2.83. The van der Waals surface area contributed by atoms with Crippen molar-refractivity contribution < 1.29 is 14.7 Å². The molecule has 1 amide bonds. The van der Waals surface area contributed by atoms with E-state index in [4.69, 9.17) is 5.11 Å². The van der Waals surface area contributed by atoms with Gasteiger partial charge in [0.1, 0.15) is 11.5 Å². The lowest BCUT2D eigenvalue weighted by Gasteiger charge is -2.02. The molecule has 0 aliphatic heterocycles. The Morgan fingerprint density at radius 1 is 1.29 bits per heavy atom. The van der Waals surface area contributed by atoms with E-state index in [2.05, 4.69) is 15.3 Å². The van der Waals surface area contributed by atoms with Gasteiger partial charge in [0.15, 0.2) is 0 Å². The molecule has 0 aromatic carbocycles. The largest absolute Gasteiger partial charge is 0.478 e. The Bertz CT molecular complexity index is 536. The quantitative estimate of drug-likeness (QED) is 0.859. The molecule has 6 nitrogen and oxygen atoms in total. The fourth-order valence-corrected chi connectivity index (χ4v) is 1.63. The molecule has 0 aliphatic carbocycles. The van der Waals surface area contributed by atoms with Gasteiger partial charge in [-0.05, 0) is 12.1 Å². The summed E-state index contributed by atoms with van der Waals surface area (Å²) in [5.41, 5.74) is 1.92. The molecule has 2 rings (SSSR count). The van der Waals surface area contributed by atoms with E-state index in [1.165, 1.54) is 29.7 Å². The summed E-state index contributed by atoms with van der Waals surface area (Å²) in [6, 6.07) is 2.79. The van der Waals surface area contributed by atoms with Crippen molar-refractivity contribution in [1.82, 2.24) is 9.97 Å². The Labute approximate surface area is 100.0 Å². The fourth-order valence-electron chi connectivity index (χ4n) is 1.10. The Morgan fingerprint density at radius 3 is 2.65 bits per heavy atom. The van der Waals surface area contributed by atoms with E-state index in [0.29, 0.717) is 5.69 Å². The molecular formula is C10H7N3O3S. The van der Waals surface area contributed by atoms with Gasteiger partial charge in [-0.25, -0.2) is 14.8 Å². The van der Waals surface area contributed by atoms with E-state index in [1.54, 1.807) is 10.9 Å². The highest BCUT2D eigenvalue weighted by Gasteiger charge is 2.09. The van der Waals surface area contributed by atoms with Crippen molar-refractivity contribution in [2.24, 2.45) is 0 Å². The van der Waals surface area contributed by atoms with Crippen LogP contribution in [-0.2, 0) is 0 Å². The molecule has 0 saturated carbocycles. The third-order valence-corrected chi connectivity index (χ3v) is 2.50. The summed E-state index contributed by atoms with van der Waals surface area (Å²) in [4.78, 5) is 29.8. The van der Waals surface area contributed by atoms with Gasteiger partial charge in [-0.1, -0.05) is 0 Å². The lowest BCUT2D eigenvalue weighted by atomic mass is 10.3. The fraction of sp³-hybridized carbons (Fsp3) is 0. The number of carbonyl (C=O) groups excluding carboxylic acids is 1. The van der Waals surface area contributed by atoms with Gasteiger partial charge in [0, 0.05) is 11.6 Å². The molecule has 86 valence electrons. The van der Waals surface area contributed by atoms with Gasteiger partial charge >= 0.3 is 5.97 Å². The van der Waals surface area contributed by atoms with Crippen LogP contribution in [0.25, 0.3) is 0 Å². The van der Waals surface area contributed by atoms with Crippen LogP contribution in [0.15, 0.2) is 29.2 Å². The number of hydrogen-bond acceptors (Lipinski definition) is 5. The van der Waals surface area contributed by atoms with Gasteiger partial charge < -0.3 is 10.4 Å². The number of pyridine rings is 1. The SMILES string of the molecule is O=C(O)c1ccc(NC(=O)c2cscn2)nc1. The number of thiazole rings is 1. The number of nitrogens with zero attached hydrogens (tertiary/aromatic N) is 2. The van der Waals surface area contributed by atoms with Crippen molar-refractivity contribution in [2.75, 3.05) is 5.32 Å². The maximum atomic E-state index is 11.6. The van der Waals surface area contributed by atoms with Crippen LogP contribution in [0, 0.1) is 0 Å². The lowest BCUT2D eigenvalue weighted by Crippen LogP contribution is -2.13. The van der Waals surface area contributed by atoms with Gasteiger partial charge in [0.25, 0.3) is 5.91 Å². The summed E-state index contributed by atoms with van der Waals surface area (Å²) in [7, 11) is 0. The van der Waals surface area contributed by atoms with Crippen LogP contribution in [0.4, 0.5) is 5.82 Å². The molecule has 17 heavy (non-hydrogen) atoms. The average molecular weight is 249 g/mol. The summed E-state index contributed by atoms with van der Waals surface area (Å²) in [6.07, 6.45) is 1.18. The third kappa shape index (κ3) is 2.64. The number of aromatic nitrogens is 2. The van der Waals surface area contributed by atoms with Crippen molar-refractivity contribution in [3.63, 3.8) is 0 Å². The molecule has 0 spiro atoms. The minimum absolute atomic E-state index is 0.0663. The van der Waals surface area contributed by atoms with Crippen LogP contribution in [-0.4, -0.2) is 27.0 Å². The molecule has 0 aliphatic rings. The third-order valence-electron chi connectivity index (χ3n) is 1.92. The summed E-state index contributed by atoms with van der Waals surface area (Å²) >= 11 is 1.31. The van der Waals surface area contributed by atoms with Crippen LogP contribution in [0.2, 0.25) is 0 Å². The summed E-state index contributed by atoms with van der Waals surface area (Å²) in [5.74, 6) is -1.15. The maximum Gasteiger partial charge on any atom is 0.337 e. The van der Waals surface area contributed by atoms with E-state index in [-0.39, 0.29) is 17.3 Å². The zero-order chi connectivity index (χ0) is 12.3. The first kappa shape index (κ1) is 11.2. The number of nitrogens with one attached hydrogen (secondary N) is 1. The molecule has 2 N–H and O–H groups in total. The Hall–Kier alpha value is -2.28. The van der Waals surface area contributed by atoms with Crippen LogP contribution in [0.3, 0.4) is 0 Å².